The molecule has 1 atom stereocenters. The van der Waals surface area contributed by atoms with Crippen molar-refractivity contribution >= 4 is 5.82 Å². The van der Waals surface area contributed by atoms with Gasteiger partial charge in [0.2, 0.25) is 0 Å². The third kappa shape index (κ3) is 3.39. The maximum Gasteiger partial charge on any atom is 0.129 e. The summed E-state index contributed by atoms with van der Waals surface area (Å²) in [6.07, 6.45) is 2.69. The topological polar surface area (TPSA) is 47.0 Å². The summed E-state index contributed by atoms with van der Waals surface area (Å²) in [7, 11) is 0. The summed E-state index contributed by atoms with van der Waals surface area (Å²) in [5, 5.41) is 3.40. The van der Waals surface area contributed by atoms with E-state index in [-0.39, 0.29) is 0 Å². The molecule has 0 aliphatic carbocycles. The lowest BCUT2D eigenvalue weighted by molar-refractivity contribution is 0.193. The first kappa shape index (κ1) is 14.0. The zero-order valence-corrected chi connectivity index (χ0v) is 12.6. The van der Waals surface area contributed by atoms with Crippen LogP contribution in [0.3, 0.4) is 0 Å². The lowest BCUT2D eigenvalue weighted by Gasteiger charge is -2.11. The molecular formula is C17H21N3O. The van der Waals surface area contributed by atoms with Gasteiger partial charge >= 0.3 is 0 Å². The van der Waals surface area contributed by atoms with Gasteiger partial charge in [-0.15, -0.1) is 0 Å². The van der Waals surface area contributed by atoms with Gasteiger partial charge in [0.05, 0.1) is 12.3 Å². The van der Waals surface area contributed by atoms with E-state index in [1.807, 2.05) is 6.07 Å². The van der Waals surface area contributed by atoms with Crippen LogP contribution in [0.1, 0.15) is 34.7 Å². The Labute approximate surface area is 125 Å². The Kier molecular flexibility index (Phi) is 4.15. The summed E-state index contributed by atoms with van der Waals surface area (Å²) in [4.78, 5) is 8.69. The van der Waals surface area contributed by atoms with Crippen LogP contribution in [0.4, 0.5) is 5.82 Å². The van der Waals surface area contributed by atoms with Crippen LogP contribution in [0.15, 0.2) is 30.6 Å². The van der Waals surface area contributed by atoms with E-state index < -0.39 is 0 Å². The van der Waals surface area contributed by atoms with Crippen molar-refractivity contribution in [3.63, 3.8) is 0 Å². The van der Waals surface area contributed by atoms with Gasteiger partial charge in [-0.1, -0.05) is 23.8 Å². The molecule has 0 unspecified atom stereocenters. The molecule has 0 spiro atoms. The van der Waals surface area contributed by atoms with Crippen LogP contribution in [0.2, 0.25) is 0 Å². The van der Waals surface area contributed by atoms with Crippen molar-refractivity contribution < 1.29 is 4.74 Å². The molecule has 1 aromatic heterocycles. The molecule has 3 rings (SSSR count). The molecule has 2 aromatic rings. The first-order valence-electron chi connectivity index (χ1n) is 7.42. The van der Waals surface area contributed by atoms with Gasteiger partial charge in [0, 0.05) is 25.1 Å². The Hall–Kier alpha value is -1.94. The van der Waals surface area contributed by atoms with Crippen molar-refractivity contribution in [1.82, 2.24) is 9.97 Å². The van der Waals surface area contributed by atoms with Gasteiger partial charge < -0.3 is 10.1 Å². The number of ether oxygens (including phenoxy) is 1. The van der Waals surface area contributed by atoms with E-state index in [9.17, 15) is 0 Å². The molecule has 0 amide bonds. The largest absolute Gasteiger partial charge is 0.381 e. The summed E-state index contributed by atoms with van der Waals surface area (Å²) in [6, 6.07) is 8.56. The molecule has 21 heavy (non-hydrogen) atoms. The lowest BCUT2D eigenvalue weighted by atomic mass is 10.0. The summed E-state index contributed by atoms with van der Waals surface area (Å²) < 4.78 is 5.43. The molecule has 0 bridgehead atoms. The molecule has 1 aromatic carbocycles. The number of hydrogen-bond acceptors (Lipinski definition) is 4. The monoisotopic (exact) mass is 283 g/mol. The highest BCUT2D eigenvalue weighted by Crippen LogP contribution is 2.24. The molecule has 1 fully saturated rings. The highest BCUT2D eigenvalue weighted by Gasteiger charge is 2.19. The second kappa shape index (κ2) is 6.22. The predicted molar refractivity (Wildman–Crippen MR) is 83.5 cm³/mol. The van der Waals surface area contributed by atoms with Gasteiger partial charge in [-0.3, -0.25) is 0 Å². The molecular weight excluding hydrogens is 262 g/mol. The van der Waals surface area contributed by atoms with Gasteiger partial charge in [-0.05, 0) is 31.4 Å². The van der Waals surface area contributed by atoms with Crippen LogP contribution < -0.4 is 5.32 Å². The minimum Gasteiger partial charge on any atom is -0.381 e. The van der Waals surface area contributed by atoms with Crippen LogP contribution in [-0.4, -0.2) is 23.2 Å². The van der Waals surface area contributed by atoms with Crippen molar-refractivity contribution in [2.45, 2.75) is 32.7 Å². The fourth-order valence-corrected chi connectivity index (χ4v) is 2.64. The summed E-state index contributed by atoms with van der Waals surface area (Å²) in [5.41, 5.74) is 4.96. The third-order valence-electron chi connectivity index (χ3n) is 4.00. The van der Waals surface area contributed by atoms with Crippen molar-refractivity contribution in [3.8, 4) is 0 Å². The lowest BCUT2D eigenvalue weighted by Crippen LogP contribution is -2.06. The van der Waals surface area contributed by atoms with Crippen molar-refractivity contribution in [2.75, 3.05) is 18.5 Å². The van der Waals surface area contributed by atoms with Gasteiger partial charge in [-0.2, -0.15) is 0 Å². The van der Waals surface area contributed by atoms with Crippen molar-refractivity contribution in [1.29, 1.82) is 0 Å². The molecule has 0 radical (unpaired) electrons. The van der Waals surface area contributed by atoms with Crippen LogP contribution >= 0.6 is 0 Å². The number of hydrogen-bond donors (Lipinski definition) is 1. The van der Waals surface area contributed by atoms with E-state index in [1.165, 1.54) is 16.7 Å². The highest BCUT2D eigenvalue weighted by atomic mass is 16.5. The standard InChI is InChI=1S/C17H21N3O/c1-12-3-4-13(2)15(7-12)9-18-17-8-16(19-11-20-17)14-5-6-21-10-14/h3-4,7-8,11,14H,5-6,9-10H2,1-2H3,(H,18,19,20)/t14-/m1/s1. The maximum atomic E-state index is 5.43. The zero-order valence-electron chi connectivity index (χ0n) is 12.6. The Morgan fingerprint density at radius 3 is 2.95 bits per heavy atom. The van der Waals surface area contributed by atoms with Gasteiger partial charge in [0.1, 0.15) is 12.1 Å². The molecule has 4 nitrogen and oxygen atoms in total. The summed E-state index contributed by atoms with van der Waals surface area (Å²) in [6.45, 7) is 6.64. The highest BCUT2D eigenvalue weighted by molar-refractivity contribution is 5.39. The van der Waals surface area contributed by atoms with E-state index in [1.54, 1.807) is 6.33 Å². The molecule has 0 saturated carbocycles. The quantitative estimate of drug-likeness (QED) is 0.936. The summed E-state index contributed by atoms with van der Waals surface area (Å²) in [5.74, 6) is 1.29. The van der Waals surface area contributed by atoms with E-state index in [0.29, 0.717) is 5.92 Å². The number of nitrogens with zero attached hydrogens (tertiary/aromatic N) is 2. The molecule has 1 aliphatic heterocycles. The zero-order chi connectivity index (χ0) is 14.7. The molecule has 4 heteroatoms. The number of benzene rings is 1. The average molecular weight is 283 g/mol. The van der Waals surface area contributed by atoms with E-state index in [0.717, 1.165) is 37.7 Å². The Morgan fingerprint density at radius 2 is 2.14 bits per heavy atom. The fraction of sp³-hybridized carbons (Fsp3) is 0.412. The van der Waals surface area contributed by atoms with Gasteiger partial charge in [-0.25, -0.2) is 9.97 Å². The summed E-state index contributed by atoms with van der Waals surface area (Å²) >= 11 is 0. The normalized spacial score (nSPS) is 17.9. The first-order chi connectivity index (χ1) is 10.2. The van der Waals surface area contributed by atoms with E-state index in [4.69, 9.17) is 4.74 Å². The minimum absolute atomic E-state index is 0.411. The Morgan fingerprint density at radius 1 is 1.24 bits per heavy atom. The van der Waals surface area contributed by atoms with Crippen LogP contribution in [0.5, 0.6) is 0 Å². The van der Waals surface area contributed by atoms with E-state index in [2.05, 4.69) is 47.3 Å². The van der Waals surface area contributed by atoms with E-state index >= 15 is 0 Å². The Bertz CT molecular complexity index is 621. The second-order valence-corrected chi connectivity index (χ2v) is 5.67. The number of aromatic nitrogens is 2. The molecule has 1 N–H and O–H groups in total. The number of rotatable bonds is 4. The smallest absolute Gasteiger partial charge is 0.129 e. The maximum absolute atomic E-state index is 5.43. The second-order valence-electron chi connectivity index (χ2n) is 5.67. The number of anilines is 1. The molecule has 1 aliphatic rings. The van der Waals surface area contributed by atoms with Gasteiger partial charge in [0.15, 0.2) is 0 Å². The number of nitrogens with one attached hydrogen (secondary N) is 1. The van der Waals surface area contributed by atoms with Crippen molar-refractivity contribution in [3.05, 3.63) is 53.0 Å². The molecule has 1 saturated heterocycles. The molecule has 110 valence electrons. The van der Waals surface area contributed by atoms with Crippen LogP contribution in [0.25, 0.3) is 0 Å². The average Bonchev–Trinajstić information content (AvgIpc) is 3.03. The Balaban J connectivity index is 1.70. The van der Waals surface area contributed by atoms with Crippen LogP contribution in [-0.2, 0) is 11.3 Å². The minimum atomic E-state index is 0.411. The molecule has 2 heterocycles. The van der Waals surface area contributed by atoms with Gasteiger partial charge in [0.25, 0.3) is 0 Å². The van der Waals surface area contributed by atoms with Crippen molar-refractivity contribution in [2.24, 2.45) is 0 Å². The predicted octanol–water partition coefficient (Wildman–Crippen LogP) is 3.21. The van der Waals surface area contributed by atoms with Crippen LogP contribution in [0, 0.1) is 13.8 Å². The first-order valence-corrected chi connectivity index (χ1v) is 7.42. The third-order valence-corrected chi connectivity index (χ3v) is 4.00. The SMILES string of the molecule is Cc1ccc(C)c(CNc2cc([C@@H]3CCOC3)ncn2)c1. The number of aryl methyl sites for hydroxylation is 2. The fourth-order valence-electron chi connectivity index (χ4n) is 2.64.